The Morgan fingerprint density at radius 3 is 2.00 bits per heavy atom. The Balaban J connectivity index is 1.20. The average molecular weight is 280 g/mol. The van der Waals surface area contributed by atoms with Gasteiger partial charge in [0, 0.05) is 31.0 Å². The van der Waals surface area contributed by atoms with Gasteiger partial charge in [-0.15, -0.1) is 0 Å². The van der Waals surface area contributed by atoms with Gasteiger partial charge in [-0.1, -0.05) is 0 Å². The van der Waals surface area contributed by atoms with Crippen molar-refractivity contribution in [3.05, 3.63) is 0 Å². The standard InChI is InChI=1S/C16H28N2O2/c1-2-15(1)18-9-5-14(6-10-18)17-13-3-7-16(8-4-13)19-11-12-20-16/h13-15,17H,1-12H2. The second-order valence-electron chi connectivity index (χ2n) is 7.09. The molecule has 114 valence electrons. The molecule has 0 aromatic heterocycles. The summed E-state index contributed by atoms with van der Waals surface area (Å²) in [6.45, 7) is 4.20. The summed E-state index contributed by atoms with van der Waals surface area (Å²) in [6.07, 6.45) is 10.1. The summed E-state index contributed by atoms with van der Waals surface area (Å²) < 4.78 is 11.6. The SMILES string of the molecule is C1COC2(CCC(NC3CCN(C4CC4)CC3)CC2)O1. The fourth-order valence-electron chi connectivity index (χ4n) is 4.21. The summed E-state index contributed by atoms with van der Waals surface area (Å²) in [5.74, 6) is -0.201. The maximum atomic E-state index is 5.81. The predicted octanol–water partition coefficient (Wildman–Crippen LogP) is 1.89. The summed E-state index contributed by atoms with van der Waals surface area (Å²) in [7, 11) is 0. The third kappa shape index (κ3) is 2.89. The Hall–Kier alpha value is -0.160. The van der Waals surface area contributed by atoms with Gasteiger partial charge in [-0.25, -0.2) is 0 Å². The molecule has 0 amide bonds. The van der Waals surface area contributed by atoms with Crippen LogP contribution in [0.15, 0.2) is 0 Å². The number of ether oxygens (including phenoxy) is 2. The van der Waals surface area contributed by atoms with Gasteiger partial charge in [0.05, 0.1) is 13.2 Å². The highest BCUT2D eigenvalue weighted by Crippen LogP contribution is 2.36. The molecule has 0 aromatic carbocycles. The van der Waals surface area contributed by atoms with Crippen molar-refractivity contribution in [2.75, 3.05) is 26.3 Å². The number of hydrogen-bond acceptors (Lipinski definition) is 4. The van der Waals surface area contributed by atoms with Crippen molar-refractivity contribution in [2.24, 2.45) is 0 Å². The Bertz CT molecular complexity index is 321. The molecule has 0 aromatic rings. The Labute approximate surface area is 122 Å². The largest absolute Gasteiger partial charge is 0.348 e. The summed E-state index contributed by atoms with van der Waals surface area (Å²) in [5.41, 5.74) is 0. The molecule has 0 radical (unpaired) electrons. The highest BCUT2D eigenvalue weighted by Gasteiger charge is 2.41. The molecule has 2 heterocycles. The van der Waals surface area contributed by atoms with Crippen LogP contribution < -0.4 is 5.32 Å². The zero-order valence-corrected chi connectivity index (χ0v) is 12.5. The monoisotopic (exact) mass is 280 g/mol. The molecule has 0 atom stereocenters. The van der Waals surface area contributed by atoms with Crippen LogP contribution in [0.3, 0.4) is 0 Å². The van der Waals surface area contributed by atoms with Crippen LogP contribution in [0.4, 0.5) is 0 Å². The van der Waals surface area contributed by atoms with Crippen molar-refractivity contribution < 1.29 is 9.47 Å². The number of piperidine rings is 1. The summed E-state index contributed by atoms with van der Waals surface area (Å²) in [5, 5.41) is 3.91. The number of nitrogens with zero attached hydrogens (tertiary/aromatic N) is 1. The zero-order valence-electron chi connectivity index (χ0n) is 12.5. The van der Waals surface area contributed by atoms with Crippen molar-refractivity contribution in [3.63, 3.8) is 0 Å². The lowest BCUT2D eigenvalue weighted by Crippen LogP contribution is -2.49. The Morgan fingerprint density at radius 2 is 1.40 bits per heavy atom. The normalized spacial score (nSPS) is 33.0. The number of nitrogens with one attached hydrogen (secondary N) is 1. The third-order valence-corrected chi connectivity index (χ3v) is 5.63. The van der Waals surface area contributed by atoms with E-state index in [1.54, 1.807) is 0 Å². The van der Waals surface area contributed by atoms with Gasteiger partial charge < -0.3 is 19.7 Å². The van der Waals surface area contributed by atoms with Gasteiger partial charge in [-0.2, -0.15) is 0 Å². The van der Waals surface area contributed by atoms with E-state index in [0.29, 0.717) is 6.04 Å². The first kappa shape index (κ1) is 13.5. The fraction of sp³-hybridized carbons (Fsp3) is 1.00. The van der Waals surface area contributed by atoms with E-state index in [1.807, 2.05) is 0 Å². The lowest BCUT2D eigenvalue weighted by molar-refractivity contribution is -0.179. The van der Waals surface area contributed by atoms with E-state index < -0.39 is 0 Å². The molecule has 4 rings (SSSR count). The van der Waals surface area contributed by atoms with E-state index in [9.17, 15) is 0 Å². The van der Waals surface area contributed by atoms with Crippen molar-refractivity contribution in [1.29, 1.82) is 0 Å². The second kappa shape index (κ2) is 5.56. The molecular weight excluding hydrogens is 252 g/mol. The lowest BCUT2D eigenvalue weighted by Gasteiger charge is -2.39. The van der Waals surface area contributed by atoms with Crippen molar-refractivity contribution >= 4 is 0 Å². The Kier molecular flexibility index (Phi) is 3.75. The molecule has 2 aliphatic carbocycles. The minimum absolute atomic E-state index is 0.201. The van der Waals surface area contributed by atoms with E-state index in [2.05, 4.69) is 10.2 Å². The number of rotatable bonds is 3. The first-order valence-corrected chi connectivity index (χ1v) is 8.61. The minimum Gasteiger partial charge on any atom is -0.348 e. The number of likely N-dealkylation sites (tertiary alicyclic amines) is 1. The maximum absolute atomic E-state index is 5.81. The maximum Gasteiger partial charge on any atom is 0.168 e. The second-order valence-corrected chi connectivity index (χ2v) is 7.09. The highest BCUT2D eigenvalue weighted by atomic mass is 16.7. The van der Waals surface area contributed by atoms with Crippen LogP contribution in [0, 0.1) is 0 Å². The van der Waals surface area contributed by atoms with Gasteiger partial charge in [-0.05, 0) is 51.6 Å². The molecule has 4 aliphatic rings. The first-order chi connectivity index (χ1) is 9.83. The van der Waals surface area contributed by atoms with Gasteiger partial charge >= 0.3 is 0 Å². The molecule has 2 saturated carbocycles. The van der Waals surface area contributed by atoms with Crippen LogP contribution in [0.5, 0.6) is 0 Å². The molecule has 0 unspecified atom stereocenters. The van der Waals surface area contributed by atoms with Crippen LogP contribution in [0.2, 0.25) is 0 Å². The average Bonchev–Trinajstić information content (AvgIpc) is 3.24. The van der Waals surface area contributed by atoms with E-state index in [-0.39, 0.29) is 5.79 Å². The van der Waals surface area contributed by atoms with Gasteiger partial charge in [0.25, 0.3) is 0 Å². The van der Waals surface area contributed by atoms with Crippen molar-refractivity contribution in [3.8, 4) is 0 Å². The van der Waals surface area contributed by atoms with E-state index >= 15 is 0 Å². The third-order valence-electron chi connectivity index (χ3n) is 5.63. The van der Waals surface area contributed by atoms with Gasteiger partial charge in [0.2, 0.25) is 0 Å². The topological polar surface area (TPSA) is 33.7 Å². The molecule has 2 saturated heterocycles. The molecule has 4 heteroatoms. The number of hydrogen-bond donors (Lipinski definition) is 1. The highest BCUT2D eigenvalue weighted by molar-refractivity contribution is 4.91. The Morgan fingerprint density at radius 1 is 0.800 bits per heavy atom. The molecular formula is C16H28N2O2. The van der Waals surface area contributed by atoms with Crippen molar-refractivity contribution in [1.82, 2.24) is 10.2 Å². The van der Waals surface area contributed by atoms with Gasteiger partial charge in [0.15, 0.2) is 5.79 Å². The molecule has 2 aliphatic heterocycles. The van der Waals surface area contributed by atoms with Crippen LogP contribution in [0.1, 0.15) is 51.4 Å². The van der Waals surface area contributed by atoms with Crippen LogP contribution in [-0.4, -0.2) is 55.1 Å². The van der Waals surface area contributed by atoms with Crippen LogP contribution >= 0.6 is 0 Å². The quantitative estimate of drug-likeness (QED) is 0.856. The smallest absolute Gasteiger partial charge is 0.168 e. The summed E-state index contributed by atoms with van der Waals surface area (Å²) in [6, 6.07) is 2.38. The first-order valence-electron chi connectivity index (χ1n) is 8.61. The van der Waals surface area contributed by atoms with Crippen molar-refractivity contribution in [2.45, 2.75) is 75.3 Å². The zero-order chi connectivity index (χ0) is 13.4. The molecule has 4 fully saturated rings. The van der Waals surface area contributed by atoms with Crippen LogP contribution in [-0.2, 0) is 9.47 Å². The van der Waals surface area contributed by atoms with Gasteiger partial charge in [0.1, 0.15) is 0 Å². The van der Waals surface area contributed by atoms with E-state index in [4.69, 9.17) is 9.47 Å². The molecule has 4 nitrogen and oxygen atoms in total. The van der Waals surface area contributed by atoms with E-state index in [1.165, 1.54) is 51.6 Å². The van der Waals surface area contributed by atoms with Crippen LogP contribution in [0.25, 0.3) is 0 Å². The summed E-state index contributed by atoms with van der Waals surface area (Å²) in [4.78, 5) is 2.70. The summed E-state index contributed by atoms with van der Waals surface area (Å²) >= 11 is 0. The predicted molar refractivity (Wildman–Crippen MR) is 77.6 cm³/mol. The fourth-order valence-corrected chi connectivity index (χ4v) is 4.21. The molecule has 1 N–H and O–H groups in total. The molecule has 0 bridgehead atoms. The lowest BCUT2D eigenvalue weighted by atomic mass is 9.89. The molecule has 20 heavy (non-hydrogen) atoms. The van der Waals surface area contributed by atoms with Gasteiger partial charge in [-0.3, -0.25) is 0 Å². The minimum atomic E-state index is -0.201. The molecule has 1 spiro atoms. The van der Waals surface area contributed by atoms with E-state index in [0.717, 1.165) is 38.1 Å².